The predicted octanol–water partition coefficient (Wildman–Crippen LogP) is 2.28. The van der Waals surface area contributed by atoms with E-state index >= 15 is 0 Å². The van der Waals surface area contributed by atoms with Gasteiger partial charge in [0.25, 0.3) is 0 Å². The van der Waals surface area contributed by atoms with Crippen molar-refractivity contribution in [1.82, 2.24) is 9.88 Å². The number of para-hydroxylation sites is 1. The van der Waals surface area contributed by atoms with Crippen LogP contribution in [-0.2, 0) is 4.79 Å². The first kappa shape index (κ1) is 17.2. The van der Waals surface area contributed by atoms with Crippen molar-refractivity contribution in [2.24, 2.45) is 11.7 Å². The third kappa shape index (κ3) is 4.24. The Morgan fingerprint density at radius 1 is 1.32 bits per heavy atom. The van der Waals surface area contributed by atoms with Crippen LogP contribution < -0.4 is 11.1 Å². The summed E-state index contributed by atoms with van der Waals surface area (Å²) in [7, 11) is 0. The van der Waals surface area contributed by atoms with E-state index in [1.54, 1.807) is 6.20 Å². The SMILES string of the molecule is N[C@@H](CC1CCN(C(=O)O)CC1)C(=O)Nc1cnc2ccccc2c1. The highest BCUT2D eigenvalue weighted by molar-refractivity contribution is 5.96. The van der Waals surface area contributed by atoms with Crippen LogP contribution in [0.5, 0.6) is 0 Å². The summed E-state index contributed by atoms with van der Waals surface area (Å²) in [5, 5.41) is 12.7. The summed E-state index contributed by atoms with van der Waals surface area (Å²) in [5.41, 5.74) is 7.54. The van der Waals surface area contributed by atoms with Gasteiger partial charge in [0.15, 0.2) is 0 Å². The highest BCUT2D eigenvalue weighted by atomic mass is 16.4. The minimum Gasteiger partial charge on any atom is -0.465 e. The van der Waals surface area contributed by atoms with Gasteiger partial charge in [-0.15, -0.1) is 0 Å². The molecule has 1 aliphatic heterocycles. The van der Waals surface area contributed by atoms with Crippen LogP contribution in [0.25, 0.3) is 10.9 Å². The number of carbonyl (C=O) groups excluding carboxylic acids is 1. The molecule has 0 radical (unpaired) electrons. The van der Waals surface area contributed by atoms with E-state index in [2.05, 4.69) is 10.3 Å². The summed E-state index contributed by atoms with van der Waals surface area (Å²) in [6, 6.07) is 8.94. The number of nitrogens with zero attached hydrogens (tertiary/aromatic N) is 2. The number of carboxylic acid groups (broad SMARTS) is 1. The number of anilines is 1. The van der Waals surface area contributed by atoms with Crippen LogP contribution in [-0.4, -0.2) is 46.1 Å². The van der Waals surface area contributed by atoms with E-state index in [9.17, 15) is 9.59 Å². The number of amides is 2. The fourth-order valence-corrected chi connectivity index (χ4v) is 3.20. The lowest BCUT2D eigenvalue weighted by Crippen LogP contribution is -2.42. The van der Waals surface area contributed by atoms with E-state index in [1.165, 1.54) is 4.90 Å². The number of nitrogens with one attached hydrogen (secondary N) is 1. The number of likely N-dealkylation sites (tertiary alicyclic amines) is 1. The van der Waals surface area contributed by atoms with Crippen molar-refractivity contribution in [3.05, 3.63) is 36.5 Å². The minimum absolute atomic E-state index is 0.238. The lowest BCUT2D eigenvalue weighted by Gasteiger charge is -2.31. The molecule has 25 heavy (non-hydrogen) atoms. The van der Waals surface area contributed by atoms with Crippen molar-refractivity contribution >= 4 is 28.6 Å². The van der Waals surface area contributed by atoms with Gasteiger partial charge in [0.1, 0.15) is 0 Å². The van der Waals surface area contributed by atoms with Gasteiger partial charge < -0.3 is 21.1 Å². The zero-order valence-corrected chi connectivity index (χ0v) is 13.9. The molecule has 7 heteroatoms. The summed E-state index contributed by atoms with van der Waals surface area (Å²) in [5.74, 6) is 0.0313. The van der Waals surface area contributed by atoms with E-state index in [4.69, 9.17) is 10.8 Å². The molecule has 0 aliphatic carbocycles. The summed E-state index contributed by atoms with van der Waals surface area (Å²) < 4.78 is 0. The molecule has 1 aliphatic rings. The number of fused-ring (bicyclic) bond motifs is 1. The van der Waals surface area contributed by atoms with Crippen LogP contribution in [0.2, 0.25) is 0 Å². The maximum atomic E-state index is 12.3. The van der Waals surface area contributed by atoms with Crippen molar-refractivity contribution < 1.29 is 14.7 Å². The predicted molar refractivity (Wildman–Crippen MR) is 95.3 cm³/mol. The van der Waals surface area contributed by atoms with Gasteiger partial charge in [-0.1, -0.05) is 18.2 Å². The third-order valence-corrected chi connectivity index (χ3v) is 4.67. The third-order valence-electron chi connectivity index (χ3n) is 4.67. The Morgan fingerprint density at radius 2 is 2.04 bits per heavy atom. The smallest absolute Gasteiger partial charge is 0.407 e. The van der Waals surface area contributed by atoms with Gasteiger partial charge in [-0.05, 0) is 37.3 Å². The first-order chi connectivity index (χ1) is 12.0. The van der Waals surface area contributed by atoms with Crippen LogP contribution in [0, 0.1) is 5.92 Å². The van der Waals surface area contributed by atoms with Gasteiger partial charge in [-0.2, -0.15) is 0 Å². The molecule has 1 fully saturated rings. The van der Waals surface area contributed by atoms with E-state index in [1.807, 2.05) is 30.3 Å². The summed E-state index contributed by atoms with van der Waals surface area (Å²) in [4.78, 5) is 29.0. The molecule has 3 rings (SSSR count). The molecule has 2 aromatic rings. The highest BCUT2D eigenvalue weighted by Crippen LogP contribution is 2.22. The molecule has 1 atom stereocenters. The second-order valence-electron chi connectivity index (χ2n) is 6.46. The molecule has 0 saturated carbocycles. The second-order valence-corrected chi connectivity index (χ2v) is 6.46. The molecular weight excluding hydrogens is 320 g/mol. The largest absolute Gasteiger partial charge is 0.465 e. The molecule has 2 amide bonds. The molecule has 1 saturated heterocycles. The Morgan fingerprint density at radius 3 is 2.76 bits per heavy atom. The number of nitrogens with two attached hydrogens (primary N) is 1. The van der Waals surface area contributed by atoms with Gasteiger partial charge >= 0.3 is 6.09 Å². The van der Waals surface area contributed by atoms with Crippen LogP contribution in [0.4, 0.5) is 10.5 Å². The summed E-state index contributed by atoms with van der Waals surface area (Å²) in [6.45, 7) is 1.01. The highest BCUT2D eigenvalue weighted by Gasteiger charge is 2.26. The molecule has 1 aromatic carbocycles. The van der Waals surface area contributed by atoms with Crippen molar-refractivity contribution in [1.29, 1.82) is 0 Å². The first-order valence-corrected chi connectivity index (χ1v) is 8.42. The molecular formula is C18H22N4O3. The standard InChI is InChI=1S/C18H22N4O3/c19-15(9-12-5-7-22(8-6-12)18(24)25)17(23)21-14-10-13-3-1-2-4-16(13)20-11-14/h1-4,10-12,15H,5-9,19H2,(H,21,23)(H,24,25)/t15-/m0/s1. The lowest BCUT2D eigenvalue weighted by atomic mass is 9.90. The summed E-state index contributed by atoms with van der Waals surface area (Å²) in [6.07, 6.45) is 2.78. The molecule has 7 nitrogen and oxygen atoms in total. The first-order valence-electron chi connectivity index (χ1n) is 8.42. The average molecular weight is 342 g/mol. The number of piperidine rings is 1. The maximum absolute atomic E-state index is 12.3. The number of rotatable bonds is 4. The monoisotopic (exact) mass is 342 g/mol. The molecule has 132 valence electrons. The normalized spacial score (nSPS) is 16.6. The Balaban J connectivity index is 1.54. The fourth-order valence-electron chi connectivity index (χ4n) is 3.20. The second kappa shape index (κ2) is 7.48. The number of carbonyl (C=O) groups is 2. The topological polar surface area (TPSA) is 109 Å². The molecule has 0 unspecified atom stereocenters. The number of hydrogen-bond donors (Lipinski definition) is 3. The lowest BCUT2D eigenvalue weighted by molar-refractivity contribution is -0.117. The Kier molecular flexibility index (Phi) is 5.14. The van der Waals surface area contributed by atoms with Crippen molar-refractivity contribution in [3.63, 3.8) is 0 Å². The zero-order chi connectivity index (χ0) is 17.8. The Hall–Kier alpha value is -2.67. The van der Waals surface area contributed by atoms with E-state index in [0.717, 1.165) is 23.7 Å². The van der Waals surface area contributed by atoms with Crippen molar-refractivity contribution in [3.8, 4) is 0 Å². The van der Waals surface area contributed by atoms with E-state index in [0.29, 0.717) is 25.2 Å². The number of hydrogen-bond acceptors (Lipinski definition) is 4. The molecule has 0 bridgehead atoms. The van der Waals surface area contributed by atoms with Gasteiger partial charge in [-0.3, -0.25) is 9.78 Å². The fraction of sp³-hybridized carbons (Fsp3) is 0.389. The van der Waals surface area contributed by atoms with E-state index in [-0.39, 0.29) is 11.8 Å². The van der Waals surface area contributed by atoms with Gasteiger partial charge in [0, 0.05) is 18.5 Å². The molecule has 1 aromatic heterocycles. The van der Waals surface area contributed by atoms with Gasteiger partial charge in [-0.25, -0.2) is 4.79 Å². The van der Waals surface area contributed by atoms with Gasteiger partial charge in [0.05, 0.1) is 23.4 Å². The van der Waals surface area contributed by atoms with Crippen LogP contribution in [0.1, 0.15) is 19.3 Å². The number of pyridine rings is 1. The van der Waals surface area contributed by atoms with E-state index < -0.39 is 12.1 Å². The molecule has 0 spiro atoms. The van der Waals surface area contributed by atoms with Crippen LogP contribution in [0.3, 0.4) is 0 Å². The average Bonchev–Trinajstić information content (AvgIpc) is 2.62. The minimum atomic E-state index is -0.885. The van der Waals surface area contributed by atoms with Crippen molar-refractivity contribution in [2.75, 3.05) is 18.4 Å². The molecule has 4 N–H and O–H groups in total. The van der Waals surface area contributed by atoms with Crippen molar-refractivity contribution in [2.45, 2.75) is 25.3 Å². The van der Waals surface area contributed by atoms with Gasteiger partial charge in [0.2, 0.25) is 5.91 Å². The zero-order valence-electron chi connectivity index (χ0n) is 13.9. The molecule has 2 heterocycles. The Labute approximate surface area is 145 Å². The maximum Gasteiger partial charge on any atom is 0.407 e. The van der Waals surface area contributed by atoms with Crippen LogP contribution in [0.15, 0.2) is 36.5 Å². The number of benzene rings is 1. The summed E-state index contributed by atoms with van der Waals surface area (Å²) >= 11 is 0. The van der Waals surface area contributed by atoms with Crippen LogP contribution >= 0.6 is 0 Å². The number of aromatic nitrogens is 1. The quantitative estimate of drug-likeness (QED) is 0.790. The Bertz CT molecular complexity index is 772.